The summed E-state index contributed by atoms with van der Waals surface area (Å²) in [4.78, 5) is 56.5. The van der Waals surface area contributed by atoms with E-state index >= 15 is 0 Å². The summed E-state index contributed by atoms with van der Waals surface area (Å²) in [6.07, 6.45) is 3.11. The summed E-state index contributed by atoms with van der Waals surface area (Å²) in [6.45, 7) is 3.85. The molecule has 0 unspecified atom stereocenters. The number of imide groups is 1. The molecule has 1 fully saturated rings. The summed E-state index contributed by atoms with van der Waals surface area (Å²) in [7, 11) is 1.61. The van der Waals surface area contributed by atoms with Gasteiger partial charge in [-0.15, -0.1) is 11.3 Å². The van der Waals surface area contributed by atoms with E-state index in [2.05, 4.69) is 10.3 Å². The molecule has 10 heteroatoms. The minimum absolute atomic E-state index is 0.0611. The predicted molar refractivity (Wildman–Crippen MR) is 126 cm³/mol. The molecule has 32 heavy (non-hydrogen) atoms. The molecular weight excluding hydrogens is 448 g/mol. The average Bonchev–Trinajstić information content (AvgIpc) is 3.23. The molecule has 1 saturated heterocycles. The summed E-state index contributed by atoms with van der Waals surface area (Å²) >= 11 is 2.03. The third-order valence-electron chi connectivity index (χ3n) is 5.09. The molecule has 3 aromatic rings. The van der Waals surface area contributed by atoms with Crippen LogP contribution in [0, 0.1) is 13.8 Å². The van der Waals surface area contributed by atoms with Crippen LogP contribution in [0.5, 0.6) is 0 Å². The highest BCUT2D eigenvalue weighted by molar-refractivity contribution is 8.18. The minimum Gasteiger partial charge on any atom is -0.350 e. The van der Waals surface area contributed by atoms with Crippen molar-refractivity contribution in [3.8, 4) is 0 Å². The zero-order valence-electron chi connectivity index (χ0n) is 17.7. The van der Waals surface area contributed by atoms with Crippen molar-refractivity contribution in [3.63, 3.8) is 0 Å². The lowest BCUT2D eigenvalue weighted by atomic mass is 10.1. The number of aryl methyl sites for hydroxylation is 3. The Bertz CT molecular complexity index is 1340. The zero-order valence-corrected chi connectivity index (χ0v) is 19.3. The number of thiophene rings is 1. The lowest BCUT2D eigenvalue weighted by Gasteiger charge is -2.12. The summed E-state index contributed by atoms with van der Waals surface area (Å²) in [5.41, 5.74) is 2.31. The standard InChI is InChI=1S/C22H20N4O4S2/c1-12-4-6-14(7-5-12)10-15-20(28)26(22(30)31-15)9-8-23-18(27)17-13(2)16-19(32-17)24-11-25(3)21(16)29/h4-7,10-11H,8-9H2,1-3H3,(H,23,27)/b15-10+. The normalized spacial score (nSPS) is 15.2. The Hall–Kier alpha value is -3.24. The van der Waals surface area contributed by atoms with Crippen molar-refractivity contribution in [2.75, 3.05) is 13.1 Å². The third-order valence-corrected chi connectivity index (χ3v) is 7.19. The molecule has 1 N–H and O–H groups in total. The molecule has 0 aliphatic carbocycles. The van der Waals surface area contributed by atoms with Crippen LogP contribution < -0.4 is 10.9 Å². The molecule has 0 radical (unpaired) electrons. The van der Waals surface area contributed by atoms with Crippen LogP contribution >= 0.6 is 23.1 Å². The largest absolute Gasteiger partial charge is 0.350 e. The third kappa shape index (κ3) is 4.11. The highest BCUT2D eigenvalue weighted by Crippen LogP contribution is 2.32. The molecule has 3 amide bonds. The van der Waals surface area contributed by atoms with Gasteiger partial charge in [0.1, 0.15) is 4.83 Å². The molecule has 8 nitrogen and oxygen atoms in total. The molecular formula is C22H20N4O4S2. The number of amides is 3. The fourth-order valence-corrected chi connectivity index (χ4v) is 5.21. The van der Waals surface area contributed by atoms with Gasteiger partial charge in [0.05, 0.1) is 21.5 Å². The van der Waals surface area contributed by atoms with Crippen LogP contribution in [0.2, 0.25) is 0 Å². The quantitative estimate of drug-likeness (QED) is 0.578. The molecule has 0 spiro atoms. The first kappa shape index (κ1) is 22.0. The van der Waals surface area contributed by atoms with Gasteiger partial charge in [0.25, 0.3) is 22.6 Å². The van der Waals surface area contributed by atoms with Crippen molar-refractivity contribution in [1.29, 1.82) is 0 Å². The fraction of sp³-hybridized carbons (Fsp3) is 0.227. The molecule has 1 aliphatic heterocycles. The number of benzene rings is 1. The highest BCUT2D eigenvalue weighted by atomic mass is 32.2. The summed E-state index contributed by atoms with van der Waals surface area (Å²) in [6, 6.07) is 7.65. The number of fused-ring (bicyclic) bond motifs is 1. The summed E-state index contributed by atoms with van der Waals surface area (Å²) in [5.74, 6) is -0.740. The van der Waals surface area contributed by atoms with E-state index in [0.717, 1.165) is 39.1 Å². The molecule has 164 valence electrons. The van der Waals surface area contributed by atoms with Crippen LogP contribution in [0.25, 0.3) is 16.3 Å². The number of hydrogen-bond acceptors (Lipinski definition) is 7. The fourth-order valence-electron chi connectivity index (χ4n) is 3.29. The molecule has 0 atom stereocenters. The van der Waals surface area contributed by atoms with E-state index in [0.29, 0.717) is 25.6 Å². The van der Waals surface area contributed by atoms with E-state index in [1.807, 2.05) is 31.2 Å². The predicted octanol–water partition coefficient (Wildman–Crippen LogP) is 3.08. The van der Waals surface area contributed by atoms with E-state index in [1.165, 1.54) is 10.9 Å². The van der Waals surface area contributed by atoms with Gasteiger partial charge in [-0.25, -0.2) is 4.98 Å². The first-order chi connectivity index (χ1) is 15.3. The molecule has 0 bridgehead atoms. The number of carbonyl (C=O) groups excluding carboxylic acids is 3. The Kier molecular flexibility index (Phi) is 5.98. The van der Waals surface area contributed by atoms with Crippen molar-refractivity contribution in [1.82, 2.24) is 19.8 Å². The number of hydrogen-bond donors (Lipinski definition) is 1. The molecule has 0 saturated carbocycles. The molecule has 3 heterocycles. The highest BCUT2D eigenvalue weighted by Gasteiger charge is 2.34. The van der Waals surface area contributed by atoms with E-state index in [4.69, 9.17) is 0 Å². The molecule has 2 aromatic heterocycles. The lowest BCUT2D eigenvalue weighted by molar-refractivity contribution is -0.122. The van der Waals surface area contributed by atoms with Gasteiger partial charge in [0, 0.05) is 20.1 Å². The first-order valence-electron chi connectivity index (χ1n) is 9.81. The van der Waals surface area contributed by atoms with E-state index < -0.39 is 0 Å². The van der Waals surface area contributed by atoms with Gasteiger partial charge in [0.2, 0.25) is 0 Å². The maximum absolute atomic E-state index is 12.7. The zero-order chi connectivity index (χ0) is 23.0. The van der Waals surface area contributed by atoms with Crippen LogP contribution in [0.4, 0.5) is 4.79 Å². The maximum Gasteiger partial charge on any atom is 0.293 e. The minimum atomic E-state index is -0.374. The van der Waals surface area contributed by atoms with E-state index in [1.54, 1.807) is 20.0 Å². The van der Waals surface area contributed by atoms with Gasteiger partial charge in [-0.2, -0.15) is 0 Å². The SMILES string of the molecule is Cc1ccc(/C=C2/SC(=O)N(CCNC(=O)c3sc4ncn(C)c(=O)c4c3C)C2=O)cc1. The second kappa shape index (κ2) is 8.71. The average molecular weight is 469 g/mol. The number of thioether (sulfide) groups is 1. The van der Waals surface area contributed by atoms with Gasteiger partial charge in [-0.1, -0.05) is 29.8 Å². The second-order valence-corrected chi connectivity index (χ2v) is 9.39. The molecule has 1 aliphatic rings. The number of aromatic nitrogens is 2. The van der Waals surface area contributed by atoms with Crippen LogP contribution in [0.15, 0.2) is 40.3 Å². The van der Waals surface area contributed by atoms with Gasteiger partial charge in [-0.3, -0.25) is 24.1 Å². The topological polar surface area (TPSA) is 101 Å². The van der Waals surface area contributed by atoms with Crippen LogP contribution in [-0.2, 0) is 11.8 Å². The monoisotopic (exact) mass is 468 g/mol. The number of carbonyl (C=O) groups is 3. The van der Waals surface area contributed by atoms with Gasteiger partial charge >= 0.3 is 0 Å². The van der Waals surface area contributed by atoms with Crippen molar-refractivity contribution >= 4 is 56.4 Å². The number of rotatable bonds is 5. The van der Waals surface area contributed by atoms with Gasteiger partial charge in [0.15, 0.2) is 0 Å². The van der Waals surface area contributed by atoms with Gasteiger partial charge < -0.3 is 9.88 Å². The van der Waals surface area contributed by atoms with Crippen LogP contribution in [-0.4, -0.2) is 44.6 Å². The van der Waals surface area contributed by atoms with Crippen LogP contribution in [0.1, 0.15) is 26.4 Å². The summed E-state index contributed by atoms with van der Waals surface area (Å²) < 4.78 is 1.37. The van der Waals surface area contributed by atoms with Crippen molar-refractivity contribution < 1.29 is 14.4 Å². The summed E-state index contributed by atoms with van der Waals surface area (Å²) in [5, 5.41) is 2.79. The molecule has 1 aromatic carbocycles. The van der Waals surface area contributed by atoms with Crippen molar-refractivity contribution in [2.45, 2.75) is 13.8 Å². The first-order valence-corrected chi connectivity index (χ1v) is 11.4. The van der Waals surface area contributed by atoms with Crippen molar-refractivity contribution in [2.24, 2.45) is 7.05 Å². The smallest absolute Gasteiger partial charge is 0.293 e. The Morgan fingerprint density at radius 3 is 2.59 bits per heavy atom. The van der Waals surface area contributed by atoms with E-state index in [-0.39, 0.29) is 35.7 Å². The Labute approximate surface area is 191 Å². The number of nitrogens with zero attached hydrogens (tertiary/aromatic N) is 3. The Balaban J connectivity index is 1.42. The van der Waals surface area contributed by atoms with Gasteiger partial charge in [-0.05, 0) is 42.8 Å². The van der Waals surface area contributed by atoms with Crippen LogP contribution in [0.3, 0.4) is 0 Å². The second-order valence-electron chi connectivity index (χ2n) is 7.40. The van der Waals surface area contributed by atoms with Crippen molar-refractivity contribution in [3.05, 3.63) is 67.4 Å². The van der Waals surface area contributed by atoms with E-state index in [9.17, 15) is 19.2 Å². The maximum atomic E-state index is 12.7. The number of nitrogens with one attached hydrogen (secondary N) is 1. The Morgan fingerprint density at radius 2 is 1.88 bits per heavy atom. The Morgan fingerprint density at radius 1 is 1.16 bits per heavy atom. The molecule has 4 rings (SSSR count). The lowest BCUT2D eigenvalue weighted by Crippen LogP contribution is -2.37.